The standard InChI is InChI=1S/C21H27F3N2O2/c1-14-10-15(2)12-16(11-14)19(28)26-9-4-3-6-17(26)18(27)25-13-20(7-5-8-20)21(22,23)24/h10-12,17H,3-9,13H2,1-2H3,(H,25,27). The van der Waals surface area contributed by atoms with Gasteiger partial charge in [-0.25, -0.2) is 0 Å². The second-order valence-corrected chi connectivity index (χ2v) is 8.24. The molecule has 4 nitrogen and oxygen atoms in total. The number of nitrogens with zero attached hydrogens (tertiary/aromatic N) is 1. The van der Waals surface area contributed by atoms with Crippen LogP contribution in [-0.4, -0.2) is 42.0 Å². The monoisotopic (exact) mass is 396 g/mol. The van der Waals surface area contributed by atoms with Crippen LogP contribution in [0.25, 0.3) is 0 Å². The lowest BCUT2D eigenvalue weighted by Gasteiger charge is -2.43. The first-order valence-corrected chi connectivity index (χ1v) is 9.87. The fraction of sp³-hybridized carbons (Fsp3) is 0.619. The Hall–Kier alpha value is -2.05. The maximum atomic E-state index is 13.3. The molecule has 2 amide bonds. The number of likely N-dealkylation sites (tertiary alicyclic amines) is 1. The van der Waals surface area contributed by atoms with E-state index in [1.807, 2.05) is 19.9 Å². The van der Waals surface area contributed by atoms with Gasteiger partial charge in [-0.1, -0.05) is 23.6 Å². The molecule has 1 atom stereocenters. The molecule has 0 bridgehead atoms. The Labute approximate surface area is 163 Å². The average Bonchev–Trinajstić information content (AvgIpc) is 2.58. The Balaban J connectivity index is 1.72. The zero-order valence-electron chi connectivity index (χ0n) is 16.4. The summed E-state index contributed by atoms with van der Waals surface area (Å²) in [6, 6.07) is 4.82. The molecule has 1 saturated heterocycles. The molecule has 7 heteroatoms. The fourth-order valence-electron chi connectivity index (χ4n) is 4.25. The third-order valence-corrected chi connectivity index (χ3v) is 6.05. The number of nitrogens with one attached hydrogen (secondary N) is 1. The van der Waals surface area contributed by atoms with E-state index >= 15 is 0 Å². The number of piperidine rings is 1. The first kappa shape index (κ1) is 20.7. The maximum Gasteiger partial charge on any atom is 0.396 e. The van der Waals surface area contributed by atoms with Crippen LogP contribution in [0.4, 0.5) is 13.2 Å². The predicted octanol–water partition coefficient (Wildman–Crippen LogP) is 4.15. The van der Waals surface area contributed by atoms with Gasteiger partial charge in [0, 0.05) is 18.7 Å². The van der Waals surface area contributed by atoms with Gasteiger partial charge in [0.1, 0.15) is 6.04 Å². The Morgan fingerprint density at radius 2 is 1.75 bits per heavy atom. The van der Waals surface area contributed by atoms with E-state index in [0.717, 1.165) is 24.0 Å². The molecule has 3 rings (SSSR count). The van der Waals surface area contributed by atoms with Crippen LogP contribution in [0.1, 0.15) is 60.0 Å². The van der Waals surface area contributed by atoms with Crippen molar-refractivity contribution < 1.29 is 22.8 Å². The molecule has 0 aromatic heterocycles. The van der Waals surface area contributed by atoms with E-state index in [0.29, 0.717) is 24.9 Å². The summed E-state index contributed by atoms with van der Waals surface area (Å²) < 4.78 is 40.0. The highest BCUT2D eigenvalue weighted by atomic mass is 19.4. The van der Waals surface area contributed by atoms with Crippen molar-refractivity contribution in [2.45, 2.75) is 64.6 Å². The van der Waals surface area contributed by atoms with Gasteiger partial charge < -0.3 is 10.2 Å². The van der Waals surface area contributed by atoms with Crippen molar-refractivity contribution in [2.24, 2.45) is 5.41 Å². The van der Waals surface area contributed by atoms with Gasteiger partial charge in [-0.15, -0.1) is 0 Å². The SMILES string of the molecule is Cc1cc(C)cc(C(=O)N2CCCCC2C(=O)NCC2(C(F)(F)F)CCC2)c1. The van der Waals surface area contributed by atoms with Crippen LogP contribution in [0.3, 0.4) is 0 Å². The summed E-state index contributed by atoms with van der Waals surface area (Å²) in [6.07, 6.45) is -1.66. The maximum absolute atomic E-state index is 13.3. The Morgan fingerprint density at radius 3 is 2.29 bits per heavy atom. The second-order valence-electron chi connectivity index (χ2n) is 8.24. The summed E-state index contributed by atoms with van der Waals surface area (Å²) in [7, 11) is 0. The molecule has 1 aromatic carbocycles. The van der Waals surface area contributed by atoms with Crippen molar-refractivity contribution in [3.05, 3.63) is 34.9 Å². The van der Waals surface area contributed by atoms with E-state index in [-0.39, 0.29) is 18.7 Å². The molecule has 0 radical (unpaired) electrons. The number of benzene rings is 1. The first-order chi connectivity index (χ1) is 13.1. The minimum atomic E-state index is -4.32. The summed E-state index contributed by atoms with van der Waals surface area (Å²) in [5.41, 5.74) is 0.625. The molecular formula is C21H27F3N2O2. The number of carbonyl (C=O) groups excluding carboxylic acids is 2. The van der Waals surface area contributed by atoms with Gasteiger partial charge in [0.15, 0.2) is 0 Å². The van der Waals surface area contributed by atoms with Crippen LogP contribution in [0.5, 0.6) is 0 Å². The third kappa shape index (κ3) is 4.03. The third-order valence-electron chi connectivity index (χ3n) is 6.05. The Morgan fingerprint density at radius 1 is 1.11 bits per heavy atom. The van der Waals surface area contributed by atoms with Crippen LogP contribution < -0.4 is 5.32 Å². The number of carbonyl (C=O) groups is 2. The molecule has 28 heavy (non-hydrogen) atoms. The zero-order valence-corrected chi connectivity index (χ0v) is 16.4. The lowest BCUT2D eigenvalue weighted by atomic mass is 9.68. The summed E-state index contributed by atoms with van der Waals surface area (Å²) in [4.78, 5) is 27.3. The predicted molar refractivity (Wildman–Crippen MR) is 99.9 cm³/mol. The second kappa shape index (κ2) is 7.76. The minimum absolute atomic E-state index is 0.0483. The summed E-state index contributed by atoms with van der Waals surface area (Å²) >= 11 is 0. The number of aryl methyl sites for hydroxylation is 2. The quantitative estimate of drug-likeness (QED) is 0.831. The van der Waals surface area contributed by atoms with Crippen LogP contribution in [-0.2, 0) is 4.79 Å². The molecule has 0 spiro atoms. The minimum Gasteiger partial charge on any atom is -0.353 e. The largest absolute Gasteiger partial charge is 0.396 e. The first-order valence-electron chi connectivity index (χ1n) is 9.87. The lowest BCUT2D eigenvalue weighted by molar-refractivity contribution is -0.248. The van der Waals surface area contributed by atoms with Crippen molar-refractivity contribution in [1.29, 1.82) is 0 Å². The van der Waals surface area contributed by atoms with Crippen LogP contribution >= 0.6 is 0 Å². The molecule has 1 aromatic rings. The molecule has 1 aliphatic heterocycles. The molecule has 1 N–H and O–H groups in total. The van der Waals surface area contributed by atoms with Crippen molar-refractivity contribution >= 4 is 11.8 Å². The van der Waals surface area contributed by atoms with Crippen molar-refractivity contribution in [2.75, 3.05) is 13.1 Å². The molecule has 1 aliphatic carbocycles. The average molecular weight is 396 g/mol. The van der Waals surface area contributed by atoms with Crippen LogP contribution in [0.15, 0.2) is 18.2 Å². The van der Waals surface area contributed by atoms with E-state index in [2.05, 4.69) is 5.32 Å². The highest BCUT2D eigenvalue weighted by molar-refractivity contribution is 5.98. The topological polar surface area (TPSA) is 49.4 Å². The smallest absolute Gasteiger partial charge is 0.353 e. The van der Waals surface area contributed by atoms with Crippen LogP contribution in [0.2, 0.25) is 0 Å². The number of rotatable bonds is 4. The number of hydrogen-bond donors (Lipinski definition) is 1. The Bertz CT molecular complexity index is 736. The molecule has 1 heterocycles. The summed E-state index contributed by atoms with van der Waals surface area (Å²) in [5.74, 6) is -0.714. The highest BCUT2D eigenvalue weighted by Gasteiger charge is 2.58. The summed E-state index contributed by atoms with van der Waals surface area (Å²) in [6.45, 7) is 3.84. The highest BCUT2D eigenvalue weighted by Crippen LogP contribution is 2.52. The van der Waals surface area contributed by atoms with Gasteiger partial charge in [-0.2, -0.15) is 13.2 Å². The van der Waals surface area contributed by atoms with Gasteiger partial charge in [0.2, 0.25) is 5.91 Å². The van der Waals surface area contributed by atoms with E-state index in [1.165, 1.54) is 4.90 Å². The van der Waals surface area contributed by atoms with Gasteiger partial charge >= 0.3 is 6.18 Å². The lowest BCUT2D eigenvalue weighted by Crippen LogP contribution is -2.56. The van der Waals surface area contributed by atoms with Gasteiger partial charge in [0.05, 0.1) is 5.41 Å². The van der Waals surface area contributed by atoms with E-state index < -0.39 is 30.1 Å². The molecule has 1 saturated carbocycles. The fourth-order valence-corrected chi connectivity index (χ4v) is 4.25. The normalized spacial score (nSPS) is 21.8. The molecule has 1 unspecified atom stereocenters. The van der Waals surface area contributed by atoms with Gasteiger partial charge in [-0.3, -0.25) is 9.59 Å². The van der Waals surface area contributed by atoms with Crippen molar-refractivity contribution in [1.82, 2.24) is 10.2 Å². The van der Waals surface area contributed by atoms with Crippen molar-refractivity contribution in [3.63, 3.8) is 0 Å². The van der Waals surface area contributed by atoms with Crippen LogP contribution in [0, 0.1) is 19.3 Å². The molecule has 2 fully saturated rings. The van der Waals surface area contributed by atoms with E-state index in [4.69, 9.17) is 0 Å². The van der Waals surface area contributed by atoms with Crippen molar-refractivity contribution in [3.8, 4) is 0 Å². The molecule has 154 valence electrons. The van der Waals surface area contributed by atoms with E-state index in [1.54, 1.807) is 12.1 Å². The van der Waals surface area contributed by atoms with E-state index in [9.17, 15) is 22.8 Å². The number of amides is 2. The zero-order chi connectivity index (χ0) is 20.5. The molecule has 2 aliphatic rings. The number of hydrogen-bond acceptors (Lipinski definition) is 2. The summed E-state index contributed by atoms with van der Waals surface area (Å²) in [5, 5.41) is 2.51. The van der Waals surface area contributed by atoms with Gasteiger partial charge in [-0.05, 0) is 58.1 Å². The Kier molecular flexibility index (Phi) is 5.73. The molecular weight excluding hydrogens is 369 g/mol. The number of halogens is 3. The number of alkyl halides is 3. The van der Waals surface area contributed by atoms with Gasteiger partial charge in [0.25, 0.3) is 5.91 Å².